The van der Waals surface area contributed by atoms with Crippen LogP contribution in [0.2, 0.25) is 0 Å². The average molecular weight is 533 g/mol. The van der Waals surface area contributed by atoms with E-state index in [2.05, 4.69) is 27.3 Å². The minimum Gasteiger partial charge on any atom is -0.475 e. The summed E-state index contributed by atoms with van der Waals surface area (Å²) in [5, 5.41) is 10.3. The Balaban J connectivity index is 0.000000426. The third kappa shape index (κ3) is 5.93. The molecule has 2 aliphatic rings. The van der Waals surface area contributed by atoms with Crippen LogP contribution >= 0.6 is 0 Å². The van der Waals surface area contributed by atoms with E-state index in [1.807, 2.05) is 47.0 Å². The number of nitrogens with zero attached hydrogens (tertiary/aromatic N) is 2. The summed E-state index contributed by atoms with van der Waals surface area (Å²) < 4.78 is 33.7. The molecule has 0 radical (unpaired) electrons. The molecule has 0 atom stereocenters. The van der Waals surface area contributed by atoms with E-state index in [1.54, 1.807) is 0 Å². The van der Waals surface area contributed by atoms with Gasteiger partial charge in [0.05, 0.1) is 16.4 Å². The number of likely N-dealkylation sites (tertiary alicyclic amines) is 1. The number of piperidine rings is 1. The molecule has 1 aromatic heterocycles. The molecular weight excluding hydrogens is 501 g/mol. The van der Waals surface area contributed by atoms with Gasteiger partial charge in [0.25, 0.3) is 0 Å². The van der Waals surface area contributed by atoms with E-state index >= 15 is 0 Å². The number of hydrogen-bond acceptors (Lipinski definition) is 4. The predicted molar refractivity (Wildman–Crippen MR) is 136 cm³/mol. The molecule has 1 saturated heterocycles. The van der Waals surface area contributed by atoms with Crippen molar-refractivity contribution in [2.75, 3.05) is 26.2 Å². The molecule has 1 amide bonds. The van der Waals surface area contributed by atoms with Crippen molar-refractivity contribution in [3.63, 3.8) is 0 Å². The van der Waals surface area contributed by atoms with Crippen LogP contribution in [0.15, 0.2) is 59.4 Å². The van der Waals surface area contributed by atoms with E-state index in [1.165, 1.54) is 0 Å². The van der Waals surface area contributed by atoms with Crippen LogP contribution in [0.1, 0.15) is 43.7 Å². The summed E-state index contributed by atoms with van der Waals surface area (Å²) in [7, 11) is 0. The monoisotopic (exact) mass is 532 g/mol. The zero-order valence-corrected chi connectivity index (χ0v) is 20.8. The Labute approximate surface area is 217 Å². The Morgan fingerprint density at radius 2 is 1.63 bits per heavy atom. The number of rotatable bonds is 6. The minimum absolute atomic E-state index is 0.0152. The molecule has 0 bridgehead atoms. The molecule has 2 fully saturated rings. The number of aliphatic carboxylic acids is 1. The number of aromatic amines is 1. The van der Waals surface area contributed by atoms with Crippen molar-refractivity contribution in [1.82, 2.24) is 19.8 Å². The van der Waals surface area contributed by atoms with Crippen LogP contribution in [0.25, 0.3) is 11.0 Å². The van der Waals surface area contributed by atoms with Crippen LogP contribution in [-0.2, 0) is 15.0 Å². The number of halogens is 3. The predicted octanol–water partition coefficient (Wildman–Crippen LogP) is 3.84. The molecule has 1 aliphatic carbocycles. The SMILES string of the molecule is O=C(NCCN1CCC(n2c(=O)[nH]c3ccccc32)CC1)C1(c2ccccc2)CCC1.O=C(O)C(F)(F)F. The largest absolute Gasteiger partial charge is 0.490 e. The molecular formula is C27H31F3N4O4. The number of benzene rings is 2. The number of aromatic nitrogens is 2. The summed E-state index contributed by atoms with van der Waals surface area (Å²) in [6.45, 7) is 3.41. The highest BCUT2D eigenvalue weighted by molar-refractivity contribution is 5.89. The van der Waals surface area contributed by atoms with Gasteiger partial charge in [-0.2, -0.15) is 13.2 Å². The lowest BCUT2D eigenvalue weighted by Gasteiger charge is -2.41. The minimum atomic E-state index is -5.08. The second-order valence-electron chi connectivity index (χ2n) is 9.75. The summed E-state index contributed by atoms with van der Waals surface area (Å²) in [6, 6.07) is 18.3. The van der Waals surface area contributed by atoms with Crippen molar-refractivity contribution in [2.45, 2.75) is 49.7 Å². The number of carbonyl (C=O) groups is 2. The fraction of sp³-hybridized carbons (Fsp3) is 0.444. The first-order valence-electron chi connectivity index (χ1n) is 12.7. The molecule has 0 unspecified atom stereocenters. The highest BCUT2D eigenvalue weighted by Gasteiger charge is 2.45. The van der Waals surface area contributed by atoms with Crippen LogP contribution in [0.3, 0.4) is 0 Å². The molecule has 1 aliphatic heterocycles. The Morgan fingerprint density at radius 1 is 1.03 bits per heavy atom. The molecule has 5 rings (SSSR count). The third-order valence-electron chi connectivity index (χ3n) is 7.47. The number of para-hydroxylation sites is 2. The smallest absolute Gasteiger partial charge is 0.475 e. The maximum absolute atomic E-state index is 13.0. The average Bonchev–Trinajstić information content (AvgIpc) is 3.20. The Kier molecular flexibility index (Phi) is 8.25. The van der Waals surface area contributed by atoms with Gasteiger partial charge >= 0.3 is 17.8 Å². The zero-order valence-electron chi connectivity index (χ0n) is 20.8. The fourth-order valence-corrected chi connectivity index (χ4v) is 5.27. The normalized spacial score (nSPS) is 17.8. The number of carboxylic acid groups (broad SMARTS) is 1. The third-order valence-corrected chi connectivity index (χ3v) is 7.47. The molecule has 2 heterocycles. The first-order chi connectivity index (χ1) is 18.1. The molecule has 11 heteroatoms. The van der Waals surface area contributed by atoms with Crippen molar-refractivity contribution >= 4 is 22.9 Å². The lowest BCUT2D eigenvalue weighted by Crippen LogP contribution is -2.51. The van der Waals surface area contributed by atoms with E-state index in [4.69, 9.17) is 9.90 Å². The number of nitrogens with one attached hydrogen (secondary N) is 2. The van der Waals surface area contributed by atoms with Gasteiger partial charge in [-0.05, 0) is 43.4 Å². The number of imidazole rings is 1. The van der Waals surface area contributed by atoms with Gasteiger partial charge in [0.1, 0.15) is 0 Å². The Hall–Kier alpha value is -3.60. The van der Waals surface area contributed by atoms with Gasteiger partial charge in [-0.25, -0.2) is 9.59 Å². The van der Waals surface area contributed by atoms with Gasteiger partial charge in [0.15, 0.2) is 0 Å². The van der Waals surface area contributed by atoms with Gasteiger partial charge in [0.2, 0.25) is 5.91 Å². The van der Waals surface area contributed by atoms with E-state index in [9.17, 15) is 22.8 Å². The number of amides is 1. The summed E-state index contributed by atoms with van der Waals surface area (Å²) in [4.78, 5) is 39.7. The highest BCUT2D eigenvalue weighted by atomic mass is 19.4. The molecule has 1 saturated carbocycles. The molecule has 8 nitrogen and oxygen atoms in total. The lowest BCUT2D eigenvalue weighted by atomic mass is 9.64. The first-order valence-corrected chi connectivity index (χ1v) is 12.7. The highest BCUT2D eigenvalue weighted by Crippen LogP contribution is 2.43. The number of fused-ring (bicyclic) bond motifs is 1. The number of hydrogen-bond donors (Lipinski definition) is 3. The lowest BCUT2D eigenvalue weighted by molar-refractivity contribution is -0.192. The van der Waals surface area contributed by atoms with Crippen molar-refractivity contribution < 1.29 is 27.9 Å². The number of alkyl halides is 3. The van der Waals surface area contributed by atoms with Gasteiger partial charge in [-0.15, -0.1) is 0 Å². The van der Waals surface area contributed by atoms with E-state index < -0.39 is 12.1 Å². The van der Waals surface area contributed by atoms with Gasteiger partial charge in [-0.3, -0.25) is 9.36 Å². The topological polar surface area (TPSA) is 107 Å². The quantitative estimate of drug-likeness (QED) is 0.447. The summed E-state index contributed by atoms with van der Waals surface area (Å²) in [5.41, 5.74) is 2.69. The molecule has 2 aromatic carbocycles. The maximum atomic E-state index is 13.0. The summed E-state index contributed by atoms with van der Waals surface area (Å²) in [6.07, 6.45) is -0.197. The van der Waals surface area contributed by atoms with Gasteiger partial charge < -0.3 is 20.3 Å². The molecule has 3 aromatic rings. The Morgan fingerprint density at radius 3 is 2.21 bits per heavy atom. The van der Waals surface area contributed by atoms with Gasteiger partial charge in [-0.1, -0.05) is 48.9 Å². The zero-order chi connectivity index (χ0) is 27.3. The van der Waals surface area contributed by atoms with E-state index in [-0.39, 0.29) is 23.1 Å². The standard InChI is InChI=1S/C25H30N4O2.C2HF3O2/c30-23(25(13-6-14-25)19-7-2-1-3-8-19)26-15-18-28-16-11-20(12-17-28)29-22-10-5-4-9-21(22)27-24(29)31;3-2(4,5)1(6)7/h1-5,7-10,20H,6,11-18H2,(H,26,30)(H,27,31);(H,6,7). The fourth-order valence-electron chi connectivity index (χ4n) is 5.27. The van der Waals surface area contributed by atoms with Crippen molar-refractivity contribution in [3.8, 4) is 0 Å². The first kappa shape index (κ1) is 27.4. The molecule has 38 heavy (non-hydrogen) atoms. The van der Waals surface area contributed by atoms with Gasteiger partial charge in [0, 0.05) is 32.2 Å². The van der Waals surface area contributed by atoms with Crippen LogP contribution < -0.4 is 11.0 Å². The molecule has 3 N–H and O–H groups in total. The van der Waals surface area contributed by atoms with Crippen molar-refractivity contribution in [2.24, 2.45) is 0 Å². The van der Waals surface area contributed by atoms with E-state index in [0.29, 0.717) is 6.54 Å². The summed E-state index contributed by atoms with van der Waals surface area (Å²) >= 11 is 0. The second-order valence-corrected chi connectivity index (χ2v) is 9.75. The van der Waals surface area contributed by atoms with Crippen molar-refractivity contribution in [3.05, 3.63) is 70.6 Å². The molecule has 0 spiro atoms. The molecule has 204 valence electrons. The van der Waals surface area contributed by atoms with Crippen LogP contribution in [-0.4, -0.2) is 63.8 Å². The number of carbonyl (C=O) groups excluding carboxylic acids is 1. The second kappa shape index (κ2) is 11.4. The number of carboxylic acids is 1. The maximum Gasteiger partial charge on any atom is 0.490 e. The number of H-pyrrole nitrogens is 1. The van der Waals surface area contributed by atoms with Crippen LogP contribution in [0.5, 0.6) is 0 Å². The van der Waals surface area contributed by atoms with E-state index in [0.717, 1.165) is 68.3 Å². The van der Waals surface area contributed by atoms with Crippen molar-refractivity contribution in [1.29, 1.82) is 0 Å². The van der Waals surface area contributed by atoms with Crippen LogP contribution in [0.4, 0.5) is 13.2 Å². The summed E-state index contributed by atoms with van der Waals surface area (Å²) in [5.74, 6) is -2.59. The van der Waals surface area contributed by atoms with Crippen LogP contribution in [0, 0.1) is 0 Å². The Bertz CT molecular complexity index is 1310.